The van der Waals surface area contributed by atoms with Crippen LogP contribution in [0.25, 0.3) is 0 Å². The van der Waals surface area contributed by atoms with E-state index in [0.717, 1.165) is 55.7 Å². The minimum Gasteiger partial charge on any atom is -0.366 e. The fraction of sp³-hybridized carbons (Fsp3) is 0.533. The van der Waals surface area contributed by atoms with Gasteiger partial charge in [-0.1, -0.05) is 26.7 Å². The third-order valence-electron chi connectivity index (χ3n) is 2.93. The standard InChI is InChI=1S/C15H24N2O3S/c1-3-5-11-17(12-6-4-2)19-20-21-14-9-7-13(8-10-14)15(16)18/h7-10H,3-6,11-12H2,1-2H3,(H2,16,18). The van der Waals surface area contributed by atoms with Crippen LogP contribution in [0.15, 0.2) is 29.2 Å². The van der Waals surface area contributed by atoms with Gasteiger partial charge in [0.25, 0.3) is 0 Å². The molecule has 21 heavy (non-hydrogen) atoms. The third-order valence-corrected chi connectivity index (χ3v) is 3.52. The van der Waals surface area contributed by atoms with Gasteiger partial charge in [-0.2, -0.15) is 5.06 Å². The van der Waals surface area contributed by atoms with Crippen LogP contribution in [0, 0.1) is 0 Å². The van der Waals surface area contributed by atoms with E-state index in [0.29, 0.717) is 5.56 Å². The number of nitrogens with two attached hydrogens (primary N) is 1. The lowest BCUT2D eigenvalue weighted by atomic mass is 10.2. The van der Waals surface area contributed by atoms with E-state index < -0.39 is 5.91 Å². The number of hydroxylamine groups is 2. The van der Waals surface area contributed by atoms with E-state index in [4.69, 9.17) is 15.1 Å². The Morgan fingerprint density at radius 3 is 2.19 bits per heavy atom. The van der Waals surface area contributed by atoms with Crippen LogP contribution in [0.4, 0.5) is 0 Å². The predicted octanol–water partition coefficient (Wildman–Crippen LogP) is 3.56. The minimum atomic E-state index is -0.436. The summed E-state index contributed by atoms with van der Waals surface area (Å²) in [6.07, 6.45) is 4.39. The topological polar surface area (TPSA) is 64.8 Å². The van der Waals surface area contributed by atoms with Crippen molar-refractivity contribution in [1.29, 1.82) is 0 Å². The molecule has 0 heterocycles. The Bertz CT molecular complexity index is 404. The average molecular weight is 312 g/mol. The van der Waals surface area contributed by atoms with Crippen molar-refractivity contribution in [1.82, 2.24) is 5.06 Å². The fourth-order valence-electron chi connectivity index (χ4n) is 1.63. The average Bonchev–Trinajstić information content (AvgIpc) is 2.50. The van der Waals surface area contributed by atoms with Crippen LogP contribution < -0.4 is 5.73 Å². The van der Waals surface area contributed by atoms with Crippen LogP contribution in [0.1, 0.15) is 49.9 Å². The number of rotatable bonds is 11. The first kappa shape index (κ1) is 18.0. The molecule has 0 aliphatic rings. The molecule has 1 rings (SSSR count). The molecule has 0 spiro atoms. The number of carbonyl (C=O) groups excluding carboxylic acids is 1. The Kier molecular flexibility index (Phi) is 9.09. The maximum Gasteiger partial charge on any atom is 0.248 e. The smallest absolute Gasteiger partial charge is 0.248 e. The number of primary amides is 1. The molecule has 0 fully saturated rings. The van der Waals surface area contributed by atoms with Crippen LogP contribution in [-0.2, 0) is 9.32 Å². The normalized spacial score (nSPS) is 11.0. The lowest BCUT2D eigenvalue weighted by molar-refractivity contribution is -0.360. The molecule has 0 aliphatic carbocycles. The lowest BCUT2D eigenvalue weighted by Crippen LogP contribution is -2.25. The van der Waals surface area contributed by atoms with Gasteiger partial charge < -0.3 is 5.73 Å². The molecule has 2 N–H and O–H groups in total. The van der Waals surface area contributed by atoms with Gasteiger partial charge in [0.15, 0.2) is 0 Å². The number of hydrogen-bond donors (Lipinski definition) is 1. The number of unbranched alkanes of at least 4 members (excludes halogenated alkanes) is 2. The second-order valence-corrected chi connectivity index (χ2v) is 5.52. The Balaban J connectivity index is 2.36. The van der Waals surface area contributed by atoms with Crippen molar-refractivity contribution in [2.45, 2.75) is 44.4 Å². The van der Waals surface area contributed by atoms with E-state index in [1.807, 2.05) is 5.06 Å². The third kappa shape index (κ3) is 7.47. The van der Waals surface area contributed by atoms with Crippen molar-refractivity contribution in [3.05, 3.63) is 29.8 Å². The second kappa shape index (κ2) is 10.6. The van der Waals surface area contributed by atoms with Gasteiger partial charge in [-0.25, -0.2) is 0 Å². The van der Waals surface area contributed by atoms with Gasteiger partial charge >= 0.3 is 0 Å². The van der Waals surface area contributed by atoms with Crippen LogP contribution in [0.5, 0.6) is 0 Å². The largest absolute Gasteiger partial charge is 0.366 e. The number of nitrogens with zero attached hydrogens (tertiary/aromatic N) is 1. The van der Waals surface area contributed by atoms with Crippen molar-refractivity contribution in [2.24, 2.45) is 5.73 Å². The fourth-order valence-corrected chi connectivity index (χ4v) is 2.07. The summed E-state index contributed by atoms with van der Waals surface area (Å²) in [5.74, 6) is -0.436. The Labute approximate surface area is 130 Å². The van der Waals surface area contributed by atoms with Crippen LogP contribution in [-0.4, -0.2) is 24.1 Å². The highest BCUT2D eigenvalue weighted by Crippen LogP contribution is 2.20. The lowest BCUT2D eigenvalue weighted by Gasteiger charge is -2.18. The zero-order chi connectivity index (χ0) is 15.5. The Morgan fingerprint density at radius 1 is 1.14 bits per heavy atom. The molecule has 0 saturated heterocycles. The van der Waals surface area contributed by atoms with Crippen molar-refractivity contribution in [3.8, 4) is 0 Å². The van der Waals surface area contributed by atoms with E-state index in [-0.39, 0.29) is 0 Å². The van der Waals surface area contributed by atoms with Gasteiger partial charge in [0.05, 0.1) is 12.0 Å². The SMILES string of the molecule is CCCCN(CCCC)OOSc1ccc(C(N)=O)cc1. The number of hydrogen-bond acceptors (Lipinski definition) is 5. The number of amides is 1. The summed E-state index contributed by atoms with van der Waals surface area (Å²) in [4.78, 5) is 17.2. The quantitative estimate of drug-likeness (QED) is 0.384. The summed E-state index contributed by atoms with van der Waals surface area (Å²) in [7, 11) is 0. The summed E-state index contributed by atoms with van der Waals surface area (Å²) >= 11 is 1.12. The van der Waals surface area contributed by atoms with E-state index in [2.05, 4.69) is 13.8 Å². The molecule has 0 atom stereocenters. The molecule has 1 aromatic carbocycles. The van der Waals surface area contributed by atoms with Crippen molar-refractivity contribution < 1.29 is 14.1 Å². The molecule has 5 nitrogen and oxygen atoms in total. The highest BCUT2D eigenvalue weighted by molar-refractivity contribution is 7.94. The summed E-state index contributed by atoms with van der Waals surface area (Å²) in [6, 6.07) is 6.88. The highest BCUT2D eigenvalue weighted by Gasteiger charge is 2.07. The summed E-state index contributed by atoms with van der Waals surface area (Å²) in [5.41, 5.74) is 5.67. The molecule has 0 aromatic heterocycles. The zero-order valence-corrected chi connectivity index (χ0v) is 13.5. The monoisotopic (exact) mass is 312 g/mol. The van der Waals surface area contributed by atoms with Gasteiger partial charge in [-0.3, -0.25) is 4.79 Å². The molecule has 1 aromatic rings. The van der Waals surface area contributed by atoms with Crippen molar-refractivity contribution >= 4 is 17.9 Å². The molecule has 1 amide bonds. The molecule has 0 radical (unpaired) electrons. The van der Waals surface area contributed by atoms with E-state index in [1.54, 1.807) is 24.3 Å². The van der Waals surface area contributed by atoms with E-state index >= 15 is 0 Å². The first-order valence-electron chi connectivity index (χ1n) is 7.33. The van der Waals surface area contributed by atoms with Crippen LogP contribution in [0.3, 0.4) is 0 Å². The highest BCUT2D eigenvalue weighted by atomic mass is 32.2. The minimum absolute atomic E-state index is 0.436. The van der Waals surface area contributed by atoms with Crippen LogP contribution in [0.2, 0.25) is 0 Å². The molecule has 0 aliphatic heterocycles. The second-order valence-electron chi connectivity index (χ2n) is 4.75. The first-order chi connectivity index (χ1) is 10.2. The first-order valence-corrected chi connectivity index (χ1v) is 8.07. The molecule has 0 saturated carbocycles. The van der Waals surface area contributed by atoms with Gasteiger partial charge in [-0.15, -0.1) is 9.32 Å². The number of carbonyl (C=O) groups is 1. The van der Waals surface area contributed by atoms with Gasteiger partial charge in [0.2, 0.25) is 5.91 Å². The summed E-state index contributed by atoms with van der Waals surface area (Å²) in [6.45, 7) is 6.01. The maximum absolute atomic E-state index is 11.0. The van der Waals surface area contributed by atoms with E-state index in [1.165, 1.54) is 0 Å². The predicted molar refractivity (Wildman–Crippen MR) is 84.4 cm³/mol. The molecular formula is C15H24N2O3S. The summed E-state index contributed by atoms with van der Waals surface area (Å²) < 4.78 is 5.20. The van der Waals surface area contributed by atoms with Gasteiger partial charge in [-0.05, 0) is 37.1 Å². The Morgan fingerprint density at radius 2 is 1.71 bits per heavy atom. The zero-order valence-electron chi connectivity index (χ0n) is 12.7. The molecule has 118 valence electrons. The molecule has 6 heteroatoms. The molecule has 0 bridgehead atoms. The Hall–Kier alpha value is -1.08. The van der Waals surface area contributed by atoms with Gasteiger partial charge in [0, 0.05) is 23.5 Å². The number of benzene rings is 1. The van der Waals surface area contributed by atoms with Gasteiger partial charge in [0.1, 0.15) is 0 Å². The molecule has 0 unspecified atom stereocenters. The summed E-state index contributed by atoms with van der Waals surface area (Å²) in [5, 5.41) is 1.85. The molecular weight excluding hydrogens is 288 g/mol. The van der Waals surface area contributed by atoms with Crippen LogP contribution >= 0.6 is 12.0 Å². The van der Waals surface area contributed by atoms with Crippen molar-refractivity contribution in [2.75, 3.05) is 13.1 Å². The van der Waals surface area contributed by atoms with Crippen molar-refractivity contribution in [3.63, 3.8) is 0 Å². The van der Waals surface area contributed by atoms with E-state index in [9.17, 15) is 4.79 Å². The maximum atomic E-state index is 11.0.